The number of phenolic OH excluding ortho intramolecular Hbond substituents is 2. The van der Waals surface area contributed by atoms with Crippen LogP contribution in [0.25, 0.3) is 0 Å². The van der Waals surface area contributed by atoms with Crippen molar-refractivity contribution in [2.24, 2.45) is 45.3 Å². The predicted octanol–water partition coefficient (Wildman–Crippen LogP) is 10.6. The molecule has 5 spiro atoms. The molecule has 10 nitrogen and oxygen atoms in total. The van der Waals surface area contributed by atoms with E-state index in [1.165, 1.54) is 67.4 Å². The highest BCUT2D eigenvalue weighted by molar-refractivity contribution is 5.65. The summed E-state index contributed by atoms with van der Waals surface area (Å²) < 4.78 is 27.8. The molecule has 10 heteroatoms. The van der Waals surface area contributed by atoms with Gasteiger partial charge in [-0.05, 0) is 169 Å². The maximum absolute atomic E-state index is 12.5. The van der Waals surface area contributed by atoms with E-state index in [-0.39, 0.29) is 88.5 Å². The summed E-state index contributed by atoms with van der Waals surface area (Å²) in [5, 5.41) is 46.4. The molecule has 10 aliphatic carbocycles. The minimum absolute atomic E-state index is 0. The molecule has 3 saturated heterocycles. The van der Waals surface area contributed by atoms with E-state index in [9.17, 15) is 20.4 Å². The van der Waals surface area contributed by atoms with Gasteiger partial charge in [0.2, 0.25) is 0 Å². The van der Waals surface area contributed by atoms with Gasteiger partial charge in [-0.1, -0.05) is 75.5 Å². The Balaban J connectivity index is 0.000000142. The fraction of sp³-hybridized carbons (Fsp3) is 0.803. The van der Waals surface area contributed by atoms with E-state index in [0.717, 1.165) is 88.5 Å². The van der Waals surface area contributed by atoms with E-state index in [2.05, 4.69) is 77.3 Å². The van der Waals surface area contributed by atoms with Crippen molar-refractivity contribution in [3.63, 3.8) is 0 Å². The Labute approximate surface area is 425 Å². The Morgan fingerprint density at radius 3 is 1.68 bits per heavy atom. The first kappa shape index (κ1) is 49.3. The molecule has 0 radical (unpaired) electrons. The molecular weight excluding hydrogens is 889 g/mol. The summed E-state index contributed by atoms with van der Waals surface area (Å²) in [6.07, 6.45) is 15.6. The van der Waals surface area contributed by atoms with Gasteiger partial charge < -0.3 is 39.4 Å². The largest absolute Gasteiger partial charge is 0.504 e. The van der Waals surface area contributed by atoms with Crippen LogP contribution in [0.2, 0.25) is 0 Å². The van der Waals surface area contributed by atoms with Gasteiger partial charge in [-0.2, -0.15) is 0 Å². The molecule has 11 fully saturated rings. The third-order valence-electron chi connectivity index (χ3n) is 24.0. The third-order valence-corrected chi connectivity index (χ3v) is 24.0. The molecule has 2 aromatic rings. The van der Waals surface area contributed by atoms with Crippen molar-refractivity contribution >= 4 is 0 Å². The third kappa shape index (κ3) is 5.67. The van der Waals surface area contributed by atoms with E-state index >= 15 is 0 Å². The van der Waals surface area contributed by atoms with Crippen molar-refractivity contribution in [2.45, 2.75) is 237 Å². The van der Waals surface area contributed by atoms with Crippen LogP contribution in [0.3, 0.4) is 0 Å². The molecule has 1 unspecified atom stereocenters. The fourth-order valence-electron chi connectivity index (χ4n) is 19.6. The van der Waals surface area contributed by atoms with E-state index in [0.29, 0.717) is 30.0 Å². The van der Waals surface area contributed by atoms with Crippen LogP contribution in [0.15, 0.2) is 24.3 Å². The van der Waals surface area contributed by atoms with Gasteiger partial charge in [0.15, 0.2) is 29.3 Å². The number of piperidine rings is 2. The van der Waals surface area contributed by atoms with Crippen molar-refractivity contribution in [2.75, 3.05) is 26.2 Å². The lowest BCUT2D eigenvalue weighted by atomic mass is 9.33. The zero-order chi connectivity index (χ0) is 48.1. The Kier molecular flexibility index (Phi) is 10.3. The number of fused-ring (bicyclic) bond motifs is 3. The molecule has 8 saturated carbocycles. The SMILES string of the molecule is C.C.CC(C)(C)[C@@](C)(O)[C@H]1C[C@@]23CC[C@]1(O)[C@@H]1Oc4c(O)ccc5c4[C@@]12CCN(CC1CC1)[C@@H]3C5.CCC1O[C@]23CC[C@@]4(C[C@@H]2[C@@](C)(C(C)(C)C)O1)[C@H]1Cc2ccc(O)c5c2[C@@]4(CCN1CC1CC1)[C@H]3O5. The molecule has 4 N–H and O–H groups in total. The highest BCUT2D eigenvalue weighted by Crippen LogP contribution is 2.80. The van der Waals surface area contributed by atoms with Crippen molar-refractivity contribution in [3.8, 4) is 23.0 Å². The highest BCUT2D eigenvalue weighted by atomic mass is 16.7. The summed E-state index contributed by atoms with van der Waals surface area (Å²) in [7, 11) is 0. The van der Waals surface area contributed by atoms with Gasteiger partial charge in [0.05, 0.1) is 11.2 Å². The molecule has 0 aromatic heterocycles. The second-order valence-electron chi connectivity index (χ2n) is 28.3. The molecule has 17 rings (SSSR count). The van der Waals surface area contributed by atoms with Crippen molar-refractivity contribution in [1.29, 1.82) is 0 Å². The molecule has 71 heavy (non-hydrogen) atoms. The maximum Gasteiger partial charge on any atom is 0.165 e. The quantitative estimate of drug-likeness (QED) is 0.222. The second kappa shape index (κ2) is 14.9. The number of rotatable bonds is 6. The summed E-state index contributed by atoms with van der Waals surface area (Å²) in [6.45, 7) is 24.4. The standard InChI is InChI=1S/C31H43NO4.C28H39NO4.2CH4/c1-6-23-35-28(5,27(2,3)4)21-16-29-11-12-31(21,36-23)26-30(29)13-14-32(17-18-7-8-18)22(29)15-19-9-10-20(33)25(34-26)24(19)30;1-24(2,3)25(4,31)19-14-26-9-10-28(19,32)23-27(26)11-12-29(15-16-5-6-16)20(26)13-17-7-8-18(30)22(33-23)21(17)27;;/h9-10,18,21-23,26,33H,6-8,11-17H2,1-5H3;7-8,16,19-20,23,30-32H,5-6,9-15H2,1-4H3;2*1H4/t21-,22-,23?,26-,28+,29-,30+,31-;19-,20-,23-,25+,26-,27+,28-;;/m11../s1. The number of hydrogen-bond donors (Lipinski definition) is 4. The van der Waals surface area contributed by atoms with Crippen LogP contribution < -0.4 is 9.47 Å². The van der Waals surface area contributed by atoms with Crippen LogP contribution in [0, 0.1) is 45.3 Å². The maximum atomic E-state index is 12.5. The van der Waals surface area contributed by atoms with Crippen molar-refractivity contribution in [1.82, 2.24) is 9.80 Å². The number of benzene rings is 2. The summed E-state index contributed by atoms with van der Waals surface area (Å²) in [4.78, 5) is 5.66. The zero-order valence-corrected chi connectivity index (χ0v) is 43.3. The van der Waals surface area contributed by atoms with Crippen LogP contribution >= 0.6 is 0 Å². The highest BCUT2D eigenvalue weighted by Gasteiger charge is 2.85. The van der Waals surface area contributed by atoms with Gasteiger partial charge in [-0.25, -0.2) is 0 Å². The Morgan fingerprint density at radius 1 is 0.662 bits per heavy atom. The van der Waals surface area contributed by atoms with Crippen LogP contribution in [0.1, 0.15) is 183 Å². The predicted molar refractivity (Wildman–Crippen MR) is 276 cm³/mol. The number of ether oxygens (including phenoxy) is 4. The molecule has 2 aromatic carbocycles. The first-order valence-electron chi connectivity index (χ1n) is 27.9. The smallest absolute Gasteiger partial charge is 0.165 e. The normalized spacial score (nSPS) is 45.4. The molecule has 8 bridgehead atoms. The van der Waals surface area contributed by atoms with Gasteiger partial charge in [-0.3, -0.25) is 9.80 Å². The van der Waals surface area contributed by atoms with E-state index in [1.807, 2.05) is 13.0 Å². The van der Waals surface area contributed by atoms with Crippen LogP contribution in [0.5, 0.6) is 23.0 Å². The van der Waals surface area contributed by atoms with Gasteiger partial charge in [0.1, 0.15) is 23.4 Å². The number of aromatic hydroxyl groups is 2. The summed E-state index contributed by atoms with van der Waals surface area (Å²) in [6, 6.07) is 8.93. The van der Waals surface area contributed by atoms with Crippen LogP contribution in [-0.2, 0) is 33.1 Å². The molecular formula is C61H90N2O8. The van der Waals surface area contributed by atoms with Crippen molar-refractivity contribution in [3.05, 3.63) is 46.5 Å². The summed E-state index contributed by atoms with van der Waals surface area (Å²) >= 11 is 0. The Hall–Kier alpha value is -2.60. The van der Waals surface area contributed by atoms with Gasteiger partial charge in [0, 0.05) is 69.8 Å². The number of nitrogens with zero attached hydrogens (tertiary/aromatic N) is 2. The molecule has 0 amide bonds. The van der Waals surface area contributed by atoms with Gasteiger partial charge >= 0.3 is 0 Å². The first-order chi connectivity index (χ1) is 32.6. The molecule has 5 heterocycles. The lowest BCUT2D eigenvalue weighted by Crippen LogP contribution is -2.85. The lowest BCUT2D eigenvalue weighted by Gasteiger charge is -2.77. The van der Waals surface area contributed by atoms with E-state index in [1.54, 1.807) is 6.07 Å². The van der Waals surface area contributed by atoms with Crippen LogP contribution in [-0.4, -0.2) is 109 Å². The Morgan fingerprint density at radius 2 is 1.17 bits per heavy atom. The molecule has 392 valence electrons. The Bertz CT molecular complexity index is 2520. The number of aliphatic hydroxyl groups is 2. The average molecular weight is 979 g/mol. The minimum atomic E-state index is -1.11. The molecule has 15 aliphatic rings. The summed E-state index contributed by atoms with van der Waals surface area (Å²) in [5.74, 6) is 3.64. The number of likely N-dealkylation sites (tertiary alicyclic amines) is 2. The van der Waals surface area contributed by atoms with Crippen molar-refractivity contribution < 1.29 is 39.4 Å². The van der Waals surface area contributed by atoms with E-state index < -0.39 is 17.3 Å². The first-order valence-corrected chi connectivity index (χ1v) is 27.9. The summed E-state index contributed by atoms with van der Waals surface area (Å²) in [5.41, 5.74) is 1.80. The second-order valence-corrected chi connectivity index (χ2v) is 28.3. The monoisotopic (exact) mass is 979 g/mol. The molecule has 15 atom stereocenters. The fourth-order valence-corrected chi connectivity index (χ4v) is 19.6. The lowest BCUT2D eigenvalue weighted by molar-refractivity contribution is -0.419. The van der Waals surface area contributed by atoms with E-state index in [4.69, 9.17) is 18.9 Å². The zero-order valence-electron chi connectivity index (χ0n) is 43.3. The van der Waals surface area contributed by atoms with Gasteiger partial charge in [0.25, 0.3) is 0 Å². The number of hydrogen-bond acceptors (Lipinski definition) is 10. The minimum Gasteiger partial charge on any atom is -0.504 e. The van der Waals surface area contributed by atoms with Gasteiger partial charge in [-0.15, -0.1) is 0 Å². The topological polar surface area (TPSA) is 124 Å². The number of phenols is 2. The van der Waals surface area contributed by atoms with Crippen LogP contribution in [0.4, 0.5) is 0 Å². The average Bonchev–Trinajstić information content (AvgIpc) is 4.23. The molecule has 5 aliphatic heterocycles.